The molecule has 1 spiro atoms. The number of hydrogen-bond donors (Lipinski definition) is 1. The van der Waals surface area contributed by atoms with Crippen LogP contribution in [0.2, 0.25) is 0 Å². The monoisotopic (exact) mass is 362 g/mol. The van der Waals surface area contributed by atoms with Gasteiger partial charge in [-0.15, -0.1) is 0 Å². The minimum absolute atomic E-state index is 0.0327. The molecule has 2 saturated heterocycles. The van der Waals surface area contributed by atoms with Crippen LogP contribution in [0.4, 0.5) is 0 Å². The molecule has 1 aromatic heterocycles. The fourth-order valence-corrected chi connectivity index (χ4v) is 4.36. The Morgan fingerprint density at radius 2 is 2.23 bits per heavy atom. The molecule has 0 aliphatic carbocycles. The summed E-state index contributed by atoms with van der Waals surface area (Å²) in [5.41, 5.74) is 1.62. The van der Waals surface area contributed by atoms with Crippen LogP contribution < -0.4 is 0 Å². The van der Waals surface area contributed by atoms with E-state index in [9.17, 15) is 9.59 Å². The summed E-state index contributed by atoms with van der Waals surface area (Å²) in [6.07, 6.45) is 6.80. The predicted molar refractivity (Wildman–Crippen MR) is 97.8 cm³/mol. The van der Waals surface area contributed by atoms with Crippen LogP contribution in [0, 0.1) is 5.41 Å². The Morgan fingerprint density at radius 1 is 1.38 bits per heavy atom. The lowest BCUT2D eigenvalue weighted by Crippen LogP contribution is -2.55. The van der Waals surface area contributed by atoms with Crippen molar-refractivity contribution in [2.75, 3.05) is 39.9 Å². The molecule has 2 aliphatic heterocycles. The quantitative estimate of drug-likeness (QED) is 0.784. The van der Waals surface area contributed by atoms with Crippen molar-refractivity contribution < 1.29 is 14.3 Å². The van der Waals surface area contributed by atoms with Gasteiger partial charge < -0.3 is 14.5 Å². The summed E-state index contributed by atoms with van der Waals surface area (Å²) in [6, 6.07) is 0. The summed E-state index contributed by atoms with van der Waals surface area (Å²) in [7, 11) is 1.69. The first-order valence-corrected chi connectivity index (χ1v) is 9.67. The number of aromatic nitrogens is 2. The Balaban J connectivity index is 1.68. The van der Waals surface area contributed by atoms with Crippen molar-refractivity contribution in [1.29, 1.82) is 0 Å². The average Bonchev–Trinajstić information content (AvgIpc) is 3.13. The maximum Gasteiger partial charge on any atom is 0.257 e. The molecule has 2 aliphatic rings. The molecule has 0 bridgehead atoms. The highest BCUT2D eigenvalue weighted by atomic mass is 16.5. The number of amides is 2. The van der Waals surface area contributed by atoms with Gasteiger partial charge >= 0.3 is 0 Å². The molecule has 7 nitrogen and oxygen atoms in total. The summed E-state index contributed by atoms with van der Waals surface area (Å²) in [5.74, 6) is 0.302. The smallest absolute Gasteiger partial charge is 0.257 e. The Morgan fingerprint density at radius 3 is 3.00 bits per heavy atom. The topological polar surface area (TPSA) is 78.5 Å². The first kappa shape index (κ1) is 18.9. The number of methoxy groups -OCH3 is 1. The second kappa shape index (κ2) is 8.20. The lowest BCUT2D eigenvalue weighted by atomic mass is 9.73. The molecule has 1 aromatic rings. The third kappa shape index (κ3) is 3.92. The number of piperidine rings is 2. The number of rotatable bonds is 6. The molecule has 2 amide bonds. The summed E-state index contributed by atoms with van der Waals surface area (Å²) >= 11 is 0. The molecule has 26 heavy (non-hydrogen) atoms. The van der Waals surface area contributed by atoms with E-state index in [2.05, 4.69) is 10.2 Å². The van der Waals surface area contributed by atoms with Gasteiger partial charge in [-0.3, -0.25) is 14.7 Å². The first-order chi connectivity index (χ1) is 12.6. The number of likely N-dealkylation sites (tertiary alicyclic amines) is 2. The largest absolute Gasteiger partial charge is 0.385 e. The summed E-state index contributed by atoms with van der Waals surface area (Å²) < 4.78 is 5.12. The number of nitrogens with one attached hydrogen (secondary N) is 1. The van der Waals surface area contributed by atoms with Gasteiger partial charge in [0.15, 0.2) is 0 Å². The highest BCUT2D eigenvalue weighted by molar-refractivity contribution is 5.95. The third-order valence-corrected chi connectivity index (χ3v) is 5.78. The van der Waals surface area contributed by atoms with Gasteiger partial charge in [-0.1, -0.05) is 6.92 Å². The fourth-order valence-electron chi connectivity index (χ4n) is 4.36. The highest BCUT2D eigenvalue weighted by Gasteiger charge is 2.42. The maximum atomic E-state index is 13.0. The number of aryl methyl sites for hydroxylation is 1. The molecule has 0 radical (unpaired) electrons. The van der Waals surface area contributed by atoms with Crippen LogP contribution in [0.25, 0.3) is 0 Å². The molecular formula is C19H30N4O3. The van der Waals surface area contributed by atoms with Gasteiger partial charge in [-0.2, -0.15) is 5.10 Å². The van der Waals surface area contributed by atoms with E-state index in [1.54, 1.807) is 13.3 Å². The first-order valence-electron chi connectivity index (χ1n) is 9.67. The number of hydrogen-bond acceptors (Lipinski definition) is 4. The molecule has 0 saturated carbocycles. The normalized spacial score (nSPS) is 23.7. The zero-order valence-corrected chi connectivity index (χ0v) is 15.9. The van der Waals surface area contributed by atoms with Crippen LogP contribution in [0.3, 0.4) is 0 Å². The van der Waals surface area contributed by atoms with Crippen molar-refractivity contribution in [3.8, 4) is 0 Å². The third-order valence-electron chi connectivity index (χ3n) is 5.78. The summed E-state index contributed by atoms with van der Waals surface area (Å²) in [4.78, 5) is 29.2. The van der Waals surface area contributed by atoms with Crippen LogP contribution >= 0.6 is 0 Å². The molecule has 1 atom stereocenters. The van der Waals surface area contributed by atoms with Gasteiger partial charge in [-0.05, 0) is 32.1 Å². The number of aromatic amines is 1. The van der Waals surface area contributed by atoms with E-state index in [0.717, 1.165) is 64.0 Å². The van der Waals surface area contributed by atoms with E-state index in [1.807, 2.05) is 16.7 Å². The van der Waals surface area contributed by atoms with Crippen LogP contribution in [0.5, 0.6) is 0 Å². The zero-order chi connectivity index (χ0) is 18.6. The molecule has 2 fully saturated rings. The van der Waals surface area contributed by atoms with Crippen LogP contribution in [-0.2, 0) is 16.0 Å². The lowest BCUT2D eigenvalue weighted by Gasteiger charge is -2.48. The lowest BCUT2D eigenvalue weighted by molar-refractivity contribution is -0.139. The van der Waals surface area contributed by atoms with Gasteiger partial charge in [0, 0.05) is 57.4 Å². The van der Waals surface area contributed by atoms with E-state index >= 15 is 0 Å². The number of ether oxygens (including phenoxy) is 1. The number of nitrogens with zero attached hydrogens (tertiary/aromatic N) is 3. The minimum atomic E-state index is 0.0327. The number of carbonyl (C=O) groups is 2. The summed E-state index contributed by atoms with van der Waals surface area (Å²) in [6.45, 7) is 5.70. The fraction of sp³-hybridized carbons (Fsp3) is 0.737. The Labute approximate surface area is 155 Å². The van der Waals surface area contributed by atoms with Crippen molar-refractivity contribution in [1.82, 2.24) is 20.0 Å². The summed E-state index contributed by atoms with van der Waals surface area (Å²) in [5, 5.41) is 6.97. The van der Waals surface area contributed by atoms with E-state index in [1.165, 1.54) is 0 Å². The van der Waals surface area contributed by atoms with E-state index in [0.29, 0.717) is 18.6 Å². The molecule has 0 aromatic carbocycles. The predicted octanol–water partition coefficient (Wildman–Crippen LogP) is 1.85. The number of H-pyrrole nitrogens is 1. The maximum absolute atomic E-state index is 13.0. The minimum Gasteiger partial charge on any atom is -0.385 e. The molecule has 0 unspecified atom stereocenters. The Hall–Kier alpha value is -1.89. The van der Waals surface area contributed by atoms with Crippen molar-refractivity contribution in [2.45, 2.75) is 45.4 Å². The van der Waals surface area contributed by atoms with Crippen molar-refractivity contribution in [2.24, 2.45) is 5.41 Å². The van der Waals surface area contributed by atoms with Gasteiger partial charge in [0.2, 0.25) is 5.91 Å². The van der Waals surface area contributed by atoms with Crippen molar-refractivity contribution >= 4 is 11.8 Å². The molecule has 3 heterocycles. The van der Waals surface area contributed by atoms with Crippen molar-refractivity contribution in [3.05, 3.63) is 17.5 Å². The van der Waals surface area contributed by atoms with Gasteiger partial charge in [-0.25, -0.2) is 0 Å². The zero-order valence-electron chi connectivity index (χ0n) is 15.9. The van der Waals surface area contributed by atoms with E-state index < -0.39 is 0 Å². The van der Waals surface area contributed by atoms with E-state index in [-0.39, 0.29) is 17.2 Å². The molecule has 144 valence electrons. The van der Waals surface area contributed by atoms with Crippen molar-refractivity contribution in [3.63, 3.8) is 0 Å². The second-order valence-corrected chi connectivity index (χ2v) is 7.61. The second-order valence-electron chi connectivity index (χ2n) is 7.61. The highest BCUT2D eigenvalue weighted by Crippen LogP contribution is 2.39. The van der Waals surface area contributed by atoms with Crippen LogP contribution in [0.15, 0.2) is 6.20 Å². The molecular weight excluding hydrogens is 332 g/mol. The van der Waals surface area contributed by atoms with E-state index in [4.69, 9.17) is 4.74 Å². The van der Waals surface area contributed by atoms with Gasteiger partial charge in [0.1, 0.15) is 0 Å². The molecule has 7 heteroatoms. The standard InChI is InChI=1S/C19H30N4O3/c1-3-16-15(12-20-21-16)18(25)23-9-4-7-19(14-23)8-6-17(24)22(13-19)10-5-11-26-2/h12H,3-11,13-14H2,1-2H3,(H,20,21)/t19-/m1/s1. The van der Waals surface area contributed by atoms with Crippen LogP contribution in [0.1, 0.15) is 55.1 Å². The number of carbonyl (C=O) groups excluding carboxylic acids is 2. The van der Waals surface area contributed by atoms with Crippen LogP contribution in [-0.4, -0.2) is 71.7 Å². The Kier molecular flexibility index (Phi) is 5.96. The average molecular weight is 362 g/mol. The Bertz CT molecular complexity index is 644. The van der Waals surface area contributed by atoms with Gasteiger partial charge in [0.25, 0.3) is 5.91 Å². The SMILES string of the molecule is CCc1[nH]ncc1C(=O)N1CCC[C@]2(CCC(=O)N(CCCOC)C2)C1. The molecule has 1 N–H and O–H groups in total. The van der Waals surface area contributed by atoms with Gasteiger partial charge in [0.05, 0.1) is 11.8 Å². The molecule has 3 rings (SSSR count).